The zero-order valence-electron chi connectivity index (χ0n) is 15.2. The van der Waals surface area contributed by atoms with Crippen LogP contribution < -0.4 is 15.0 Å². The SMILES string of the molecule is CC(C)CCOc1ccc(Br)cc1C(=O)NC(=S)N(C)c1ccccc1. The molecule has 0 fully saturated rings. The molecule has 2 rings (SSSR count). The molecule has 0 unspecified atom stereocenters. The van der Waals surface area contributed by atoms with E-state index in [0.29, 0.717) is 29.0 Å². The molecule has 0 radical (unpaired) electrons. The van der Waals surface area contributed by atoms with Gasteiger partial charge in [-0.2, -0.15) is 0 Å². The number of hydrogen-bond acceptors (Lipinski definition) is 3. The summed E-state index contributed by atoms with van der Waals surface area (Å²) < 4.78 is 6.62. The van der Waals surface area contributed by atoms with E-state index in [-0.39, 0.29) is 5.91 Å². The van der Waals surface area contributed by atoms with Gasteiger partial charge in [0, 0.05) is 17.2 Å². The Morgan fingerprint density at radius 2 is 1.92 bits per heavy atom. The lowest BCUT2D eigenvalue weighted by atomic mass is 10.1. The summed E-state index contributed by atoms with van der Waals surface area (Å²) in [5.74, 6) is 0.796. The van der Waals surface area contributed by atoms with Gasteiger partial charge < -0.3 is 9.64 Å². The van der Waals surface area contributed by atoms with Crippen LogP contribution in [-0.4, -0.2) is 24.7 Å². The Hall–Kier alpha value is -1.92. The van der Waals surface area contributed by atoms with Crippen molar-refractivity contribution in [3.05, 3.63) is 58.6 Å². The van der Waals surface area contributed by atoms with Crippen molar-refractivity contribution < 1.29 is 9.53 Å². The zero-order valence-corrected chi connectivity index (χ0v) is 17.6. The van der Waals surface area contributed by atoms with Gasteiger partial charge in [0.15, 0.2) is 5.11 Å². The number of thiocarbonyl (C=S) groups is 1. The number of anilines is 1. The minimum Gasteiger partial charge on any atom is -0.493 e. The highest BCUT2D eigenvalue weighted by Crippen LogP contribution is 2.24. The molecule has 0 aromatic heterocycles. The number of benzene rings is 2. The summed E-state index contributed by atoms with van der Waals surface area (Å²) in [6.45, 7) is 4.83. The molecule has 0 spiro atoms. The van der Waals surface area contributed by atoms with Crippen LogP contribution in [0.25, 0.3) is 0 Å². The molecule has 0 aliphatic carbocycles. The summed E-state index contributed by atoms with van der Waals surface area (Å²) >= 11 is 8.78. The third-order valence-corrected chi connectivity index (χ3v) is 4.68. The van der Waals surface area contributed by atoms with E-state index in [9.17, 15) is 4.79 Å². The zero-order chi connectivity index (χ0) is 19.1. The van der Waals surface area contributed by atoms with Crippen LogP contribution in [0.5, 0.6) is 5.75 Å². The van der Waals surface area contributed by atoms with Crippen LogP contribution in [0.1, 0.15) is 30.6 Å². The van der Waals surface area contributed by atoms with Crippen molar-refractivity contribution >= 4 is 44.9 Å². The molecule has 0 saturated heterocycles. The first-order chi connectivity index (χ1) is 12.4. The number of ether oxygens (including phenoxy) is 1. The number of halogens is 1. The van der Waals surface area contributed by atoms with E-state index in [1.165, 1.54) is 0 Å². The first kappa shape index (κ1) is 20.4. The van der Waals surface area contributed by atoms with Crippen LogP contribution >= 0.6 is 28.1 Å². The lowest BCUT2D eigenvalue weighted by molar-refractivity contribution is 0.0973. The summed E-state index contributed by atoms with van der Waals surface area (Å²) in [5, 5.41) is 3.11. The molecule has 0 aliphatic heterocycles. The van der Waals surface area contributed by atoms with Crippen molar-refractivity contribution in [2.24, 2.45) is 5.92 Å². The maximum atomic E-state index is 12.7. The molecule has 4 nitrogen and oxygen atoms in total. The number of carbonyl (C=O) groups excluding carboxylic acids is 1. The number of nitrogens with one attached hydrogen (secondary N) is 1. The Labute approximate surface area is 168 Å². The lowest BCUT2D eigenvalue weighted by Crippen LogP contribution is -2.40. The second kappa shape index (κ2) is 9.69. The van der Waals surface area contributed by atoms with E-state index in [4.69, 9.17) is 17.0 Å². The number of hydrogen-bond donors (Lipinski definition) is 1. The van der Waals surface area contributed by atoms with E-state index in [1.54, 1.807) is 17.0 Å². The molecule has 6 heteroatoms. The number of para-hydroxylation sites is 1. The Balaban J connectivity index is 2.10. The maximum absolute atomic E-state index is 12.7. The third kappa shape index (κ3) is 5.81. The van der Waals surface area contributed by atoms with Crippen LogP contribution in [0.4, 0.5) is 5.69 Å². The second-order valence-corrected chi connectivity index (χ2v) is 7.63. The first-order valence-electron chi connectivity index (χ1n) is 8.45. The molecule has 0 atom stereocenters. The minimum atomic E-state index is -0.293. The van der Waals surface area contributed by atoms with E-state index < -0.39 is 0 Å². The largest absolute Gasteiger partial charge is 0.493 e. The highest BCUT2D eigenvalue weighted by Gasteiger charge is 2.17. The highest BCUT2D eigenvalue weighted by atomic mass is 79.9. The molecular formula is C20H23BrN2O2S. The van der Waals surface area contributed by atoms with Crippen molar-refractivity contribution in [2.45, 2.75) is 20.3 Å². The molecule has 138 valence electrons. The van der Waals surface area contributed by atoms with Gasteiger partial charge in [-0.25, -0.2) is 0 Å². The normalized spacial score (nSPS) is 10.5. The van der Waals surface area contributed by atoms with Gasteiger partial charge in [-0.1, -0.05) is 48.0 Å². The van der Waals surface area contributed by atoms with E-state index >= 15 is 0 Å². The molecule has 2 aromatic rings. The molecule has 2 aromatic carbocycles. The molecule has 1 amide bonds. The lowest BCUT2D eigenvalue weighted by Gasteiger charge is -2.21. The Kier molecular flexibility index (Phi) is 7.60. The van der Waals surface area contributed by atoms with E-state index in [1.807, 2.05) is 43.4 Å². The van der Waals surface area contributed by atoms with Crippen LogP contribution in [-0.2, 0) is 0 Å². The number of amides is 1. The predicted molar refractivity (Wildman–Crippen MR) is 114 cm³/mol. The average molecular weight is 435 g/mol. The second-order valence-electron chi connectivity index (χ2n) is 6.33. The van der Waals surface area contributed by atoms with Crippen molar-refractivity contribution in [1.82, 2.24) is 5.32 Å². The third-order valence-electron chi connectivity index (χ3n) is 3.81. The fraction of sp³-hybridized carbons (Fsp3) is 0.300. The van der Waals surface area contributed by atoms with Crippen LogP contribution in [0.3, 0.4) is 0 Å². The number of carbonyl (C=O) groups is 1. The van der Waals surface area contributed by atoms with Crippen molar-refractivity contribution in [3.63, 3.8) is 0 Å². The van der Waals surface area contributed by atoms with Crippen LogP contribution in [0, 0.1) is 5.92 Å². The van der Waals surface area contributed by atoms with Crippen molar-refractivity contribution in [1.29, 1.82) is 0 Å². The van der Waals surface area contributed by atoms with Gasteiger partial charge >= 0.3 is 0 Å². The van der Waals surface area contributed by atoms with Gasteiger partial charge in [-0.3, -0.25) is 10.1 Å². The van der Waals surface area contributed by atoms with E-state index in [2.05, 4.69) is 35.1 Å². The average Bonchev–Trinajstić information content (AvgIpc) is 2.62. The first-order valence-corrected chi connectivity index (χ1v) is 9.65. The molecule has 0 aliphatic rings. The van der Waals surface area contributed by atoms with Crippen LogP contribution in [0.15, 0.2) is 53.0 Å². The molecular weight excluding hydrogens is 412 g/mol. The molecule has 26 heavy (non-hydrogen) atoms. The van der Waals surface area contributed by atoms with Gasteiger partial charge in [0.25, 0.3) is 5.91 Å². The summed E-state index contributed by atoms with van der Waals surface area (Å²) in [7, 11) is 1.82. The topological polar surface area (TPSA) is 41.6 Å². The highest BCUT2D eigenvalue weighted by molar-refractivity contribution is 9.10. The van der Waals surface area contributed by atoms with E-state index in [0.717, 1.165) is 16.6 Å². The van der Waals surface area contributed by atoms with Crippen LogP contribution in [0.2, 0.25) is 0 Å². The predicted octanol–water partition coefficient (Wildman–Crippen LogP) is 5.03. The van der Waals surface area contributed by atoms with Crippen molar-refractivity contribution in [3.8, 4) is 5.75 Å². The summed E-state index contributed by atoms with van der Waals surface area (Å²) in [5.41, 5.74) is 1.35. The van der Waals surface area contributed by atoms with Gasteiger partial charge in [-0.15, -0.1) is 0 Å². The van der Waals surface area contributed by atoms with Gasteiger partial charge in [0.05, 0.1) is 12.2 Å². The Morgan fingerprint density at radius 3 is 2.58 bits per heavy atom. The summed E-state index contributed by atoms with van der Waals surface area (Å²) in [4.78, 5) is 14.5. The smallest absolute Gasteiger partial charge is 0.261 e. The quantitative estimate of drug-likeness (QED) is 0.647. The molecule has 0 bridgehead atoms. The maximum Gasteiger partial charge on any atom is 0.261 e. The monoisotopic (exact) mass is 434 g/mol. The fourth-order valence-electron chi connectivity index (χ4n) is 2.23. The standard InChI is InChI=1S/C20H23BrN2O2S/c1-14(2)11-12-25-18-10-9-15(21)13-17(18)19(24)22-20(26)23(3)16-7-5-4-6-8-16/h4-10,13-14H,11-12H2,1-3H3,(H,22,24,26). The summed E-state index contributed by atoms with van der Waals surface area (Å²) in [6.07, 6.45) is 0.923. The Morgan fingerprint density at radius 1 is 1.23 bits per heavy atom. The Bertz CT molecular complexity index is 766. The summed E-state index contributed by atoms with van der Waals surface area (Å²) in [6, 6.07) is 15.0. The molecule has 0 saturated carbocycles. The van der Waals surface area contributed by atoms with Gasteiger partial charge in [0.2, 0.25) is 0 Å². The van der Waals surface area contributed by atoms with Gasteiger partial charge in [0.1, 0.15) is 5.75 Å². The van der Waals surface area contributed by atoms with Gasteiger partial charge in [-0.05, 0) is 54.9 Å². The number of rotatable bonds is 6. The fourth-order valence-corrected chi connectivity index (χ4v) is 2.79. The molecule has 0 heterocycles. The molecule has 1 N–H and O–H groups in total. The minimum absolute atomic E-state index is 0.293. The van der Waals surface area contributed by atoms with Crippen molar-refractivity contribution in [2.75, 3.05) is 18.6 Å². The number of nitrogens with zero attached hydrogens (tertiary/aromatic N) is 1.